The van der Waals surface area contributed by atoms with Gasteiger partial charge in [-0.25, -0.2) is 4.79 Å². The summed E-state index contributed by atoms with van der Waals surface area (Å²) in [6.45, 7) is 4.70. The summed E-state index contributed by atoms with van der Waals surface area (Å²) < 4.78 is 22.7. The Labute approximate surface area is 244 Å². The number of aldehydes is 1. The molecule has 0 bridgehead atoms. The fourth-order valence-electron chi connectivity index (χ4n) is 5.26. The SMILES string of the molecule is COc1cc(OCC(=O)Nc2cc([C@H]3CC[C@@H](OC(=O)N4CCC4(C)C)C3)[nH]n2)c(C=O)c(OCc2ccccc2)c1. The molecule has 1 saturated heterocycles. The van der Waals surface area contributed by atoms with Gasteiger partial charge in [0.2, 0.25) is 0 Å². The molecule has 0 radical (unpaired) electrons. The summed E-state index contributed by atoms with van der Waals surface area (Å²) in [5.41, 5.74) is 1.83. The number of benzene rings is 2. The van der Waals surface area contributed by atoms with Crippen LogP contribution in [0.1, 0.15) is 67.1 Å². The second-order valence-electron chi connectivity index (χ2n) is 11.2. The second kappa shape index (κ2) is 12.5. The lowest BCUT2D eigenvalue weighted by Crippen LogP contribution is -2.58. The van der Waals surface area contributed by atoms with Crippen molar-refractivity contribution in [1.29, 1.82) is 0 Å². The van der Waals surface area contributed by atoms with Crippen molar-refractivity contribution in [2.45, 2.75) is 63.7 Å². The van der Waals surface area contributed by atoms with E-state index in [1.165, 1.54) is 13.2 Å². The zero-order valence-electron chi connectivity index (χ0n) is 24.1. The molecule has 2 aliphatic rings. The third kappa shape index (κ3) is 6.67. The van der Waals surface area contributed by atoms with Crippen LogP contribution in [-0.4, -0.2) is 65.3 Å². The summed E-state index contributed by atoms with van der Waals surface area (Å²) in [6, 6.07) is 14.5. The third-order valence-corrected chi connectivity index (χ3v) is 7.88. The molecular formula is C31H36N4O7. The summed E-state index contributed by atoms with van der Waals surface area (Å²) in [5.74, 6) is 0.922. The number of aromatic amines is 1. The molecule has 1 aliphatic heterocycles. The zero-order chi connectivity index (χ0) is 29.7. The van der Waals surface area contributed by atoms with E-state index in [1.807, 2.05) is 44.2 Å². The van der Waals surface area contributed by atoms with Gasteiger partial charge in [0.25, 0.3) is 5.91 Å². The molecular weight excluding hydrogens is 540 g/mol. The topological polar surface area (TPSA) is 132 Å². The summed E-state index contributed by atoms with van der Waals surface area (Å²) in [6.07, 6.45) is 3.52. The average Bonchev–Trinajstić information content (AvgIpc) is 3.64. The fourth-order valence-corrected chi connectivity index (χ4v) is 5.26. The van der Waals surface area contributed by atoms with Crippen molar-refractivity contribution >= 4 is 24.1 Å². The lowest BCUT2D eigenvalue weighted by molar-refractivity contribution is -0.118. The minimum absolute atomic E-state index is 0.142. The standard InChI is InChI=1S/C31H36N4O7/c1-31(2)11-12-35(31)30(38)42-22-10-9-21(13-22)25-16-28(34-33-25)32-29(37)19-41-27-15-23(39-3)14-26(24(27)17-36)40-18-20-7-5-4-6-8-20/h4-8,14-17,21-22H,9-13,18-19H2,1-3H3,(H2,32,33,34,37)/t21-,22+/m0/s1. The van der Waals surface area contributed by atoms with Gasteiger partial charge in [-0.3, -0.25) is 14.7 Å². The van der Waals surface area contributed by atoms with Crippen molar-refractivity contribution in [3.05, 3.63) is 65.4 Å². The van der Waals surface area contributed by atoms with Gasteiger partial charge in [0, 0.05) is 41.9 Å². The predicted octanol–water partition coefficient (Wildman–Crippen LogP) is 5.08. The molecule has 0 unspecified atom stereocenters. The first kappa shape index (κ1) is 29.0. The maximum Gasteiger partial charge on any atom is 0.410 e. The molecule has 1 aliphatic carbocycles. The number of likely N-dealkylation sites (tertiary alicyclic amines) is 1. The van der Waals surface area contributed by atoms with Crippen molar-refractivity contribution < 1.29 is 33.3 Å². The lowest BCUT2D eigenvalue weighted by atomic mass is 9.90. The number of methoxy groups -OCH3 is 1. The van der Waals surface area contributed by atoms with E-state index in [4.69, 9.17) is 18.9 Å². The Morgan fingerprint density at radius 3 is 2.55 bits per heavy atom. The maximum absolute atomic E-state index is 12.7. The second-order valence-corrected chi connectivity index (χ2v) is 11.2. The molecule has 2 N–H and O–H groups in total. The van der Waals surface area contributed by atoms with Crippen LogP contribution in [0.2, 0.25) is 0 Å². The molecule has 2 fully saturated rings. The molecule has 3 aromatic rings. The molecule has 42 heavy (non-hydrogen) atoms. The van der Waals surface area contributed by atoms with Gasteiger partial charge in [0.05, 0.1) is 12.7 Å². The van der Waals surface area contributed by atoms with Crippen LogP contribution in [0.15, 0.2) is 48.5 Å². The number of anilines is 1. The first-order valence-electron chi connectivity index (χ1n) is 14.1. The van der Waals surface area contributed by atoms with Gasteiger partial charge in [0.15, 0.2) is 18.7 Å². The Hall–Kier alpha value is -4.54. The summed E-state index contributed by atoms with van der Waals surface area (Å²) in [7, 11) is 1.49. The largest absolute Gasteiger partial charge is 0.496 e. The monoisotopic (exact) mass is 576 g/mol. The van der Waals surface area contributed by atoms with Crippen LogP contribution in [0.5, 0.6) is 17.2 Å². The Bertz CT molecular complexity index is 1420. The van der Waals surface area contributed by atoms with E-state index in [9.17, 15) is 14.4 Å². The molecule has 222 valence electrons. The smallest absolute Gasteiger partial charge is 0.410 e. The van der Waals surface area contributed by atoms with Crippen LogP contribution < -0.4 is 19.5 Å². The van der Waals surface area contributed by atoms with Gasteiger partial charge >= 0.3 is 6.09 Å². The van der Waals surface area contributed by atoms with Crippen molar-refractivity contribution in [2.24, 2.45) is 0 Å². The van der Waals surface area contributed by atoms with Crippen LogP contribution in [0.3, 0.4) is 0 Å². The number of hydrogen-bond donors (Lipinski definition) is 2. The van der Waals surface area contributed by atoms with Gasteiger partial charge in [-0.05, 0) is 45.1 Å². The van der Waals surface area contributed by atoms with E-state index in [0.717, 1.165) is 37.1 Å². The lowest BCUT2D eigenvalue weighted by Gasteiger charge is -2.47. The van der Waals surface area contributed by atoms with Crippen molar-refractivity contribution in [3.63, 3.8) is 0 Å². The molecule has 2 aromatic carbocycles. The maximum atomic E-state index is 12.7. The third-order valence-electron chi connectivity index (χ3n) is 7.88. The molecule has 1 saturated carbocycles. The Kier molecular flexibility index (Phi) is 8.65. The van der Waals surface area contributed by atoms with E-state index < -0.39 is 5.91 Å². The Morgan fingerprint density at radius 1 is 1.12 bits per heavy atom. The van der Waals surface area contributed by atoms with Crippen LogP contribution in [-0.2, 0) is 16.1 Å². The number of amides is 2. The number of carbonyl (C=O) groups is 3. The number of nitrogens with one attached hydrogen (secondary N) is 2. The van der Waals surface area contributed by atoms with Crippen LogP contribution in [0.25, 0.3) is 0 Å². The molecule has 0 spiro atoms. The quantitative estimate of drug-likeness (QED) is 0.302. The number of aromatic nitrogens is 2. The molecule has 2 atom stereocenters. The number of rotatable bonds is 11. The summed E-state index contributed by atoms with van der Waals surface area (Å²) in [4.78, 5) is 38.9. The van der Waals surface area contributed by atoms with Crippen molar-refractivity contribution in [1.82, 2.24) is 15.1 Å². The normalized spacial score (nSPS) is 19.0. The Morgan fingerprint density at radius 2 is 1.88 bits per heavy atom. The van der Waals surface area contributed by atoms with E-state index in [2.05, 4.69) is 15.5 Å². The first-order chi connectivity index (χ1) is 20.3. The average molecular weight is 577 g/mol. The predicted molar refractivity (Wildman–Crippen MR) is 154 cm³/mol. The molecule has 1 aromatic heterocycles. The highest BCUT2D eigenvalue weighted by Crippen LogP contribution is 2.38. The number of ether oxygens (including phenoxy) is 4. The van der Waals surface area contributed by atoms with Crippen LogP contribution in [0.4, 0.5) is 10.6 Å². The minimum Gasteiger partial charge on any atom is -0.496 e. The van der Waals surface area contributed by atoms with Crippen LogP contribution >= 0.6 is 0 Å². The minimum atomic E-state index is -0.449. The first-order valence-corrected chi connectivity index (χ1v) is 14.1. The highest BCUT2D eigenvalue weighted by molar-refractivity contribution is 5.91. The van der Waals surface area contributed by atoms with Gasteiger partial charge in [-0.15, -0.1) is 0 Å². The van der Waals surface area contributed by atoms with Gasteiger partial charge in [-0.1, -0.05) is 30.3 Å². The van der Waals surface area contributed by atoms with Gasteiger partial charge in [0.1, 0.15) is 30.0 Å². The molecule has 2 heterocycles. The number of carbonyl (C=O) groups excluding carboxylic acids is 3. The molecule has 11 nitrogen and oxygen atoms in total. The van der Waals surface area contributed by atoms with Crippen LogP contribution in [0, 0.1) is 0 Å². The number of nitrogens with zero attached hydrogens (tertiary/aromatic N) is 2. The fraction of sp³-hybridized carbons (Fsp3) is 0.419. The van der Waals surface area contributed by atoms with E-state index in [1.54, 1.807) is 17.0 Å². The highest BCUT2D eigenvalue weighted by Gasteiger charge is 2.42. The summed E-state index contributed by atoms with van der Waals surface area (Å²) >= 11 is 0. The molecule has 11 heteroatoms. The van der Waals surface area contributed by atoms with Gasteiger partial charge in [-0.2, -0.15) is 5.10 Å². The highest BCUT2D eigenvalue weighted by atomic mass is 16.6. The summed E-state index contributed by atoms with van der Waals surface area (Å²) in [5, 5.41) is 9.92. The molecule has 2 amide bonds. The van der Waals surface area contributed by atoms with E-state index >= 15 is 0 Å². The van der Waals surface area contributed by atoms with Crippen molar-refractivity contribution in [2.75, 3.05) is 25.6 Å². The Balaban J connectivity index is 1.14. The molecule has 5 rings (SSSR count). The van der Waals surface area contributed by atoms with Gasteiger partial charge < -0.3 is 29.2 Å². The van der Waals surface area contributed by atoms with E-state index in [-0.39, 0.29) is 53.9 Å². The number of hydrogen-bond acceptors (Lipinski definition) is 8. The zero-order valence-corrected chi connectivity index (χ0v) is 24.1. The van der Waals surface area contributed by atoms with E-state index in [0.29, 0.717) is 24.3 Å². The number of H-pyrrole nitrogens is 1. The van der Waals surface area contributed by atoms with Crippen molar-refractivity contribution in [3.8, 4) is 17.2 Å².